The molecule has 0 bridgehead atoms. The van der Waals surface area contributed by atoms with E-state index in [1.54, 1.807) is 12.4 Å². The lowest BCUT2D eigenvalue weighted by Crippen LogP contribution is -2.06. The van der Waals surface area contributed by atoms with Gasteiger partial charge in [0, 0.05) is 25.5 Å². The molecule has 0 aliphatic heterocycles. The van der Waals surface area contributed by atoms with Crippen molar-refractivity contribution in [2.45, 2.75) is 33.2 Å². The average Bonchev–Trinajstić information content (AvgIpc) is 2.85. The number of imidazole rings is 1. The summed E-state index contributed by atoms with van der Waals surface area (Å²) in [5, 5.41) is 3.31. The van der Waals surface area contributed by atoms with E-state index in [1.807, 2.05) is 12.5 Å². The zero-order valence-corrected chi connectivity index (χ0v) is 10.9. The number of nitrogens with one attached hydrogen (secondary N) is 1. The normalized spacial score (nSPS) is 10.6. The summed E-state index contributed by atoms with van der Waals surface area (Å²) < 4.78 is 2.11. The highest BCUT2D eigenvalue weighted by Gasteiger charge is 2.11. The van der Waals surface area contributed by atoms with Gasteiger partial charge in [-0.2, -0.15) is 0 Å². The molecule has 5 nitrogen and oxygen atoms in total. The second kappa shape index (κ2) is 6.14. The first-order valence-corrected chi connectivity index (χ1v) is 6.42. The molecule has 2 aromatic heterocycles. The van der Waals surface area contributed by atoms with Crippen LogP contribution in [0.15, 0.2) is 24.9 Å². The fraction of sp³-hybridized carbons (Fsp3) is 0.462. The van der Waals surface area contributed by atoms with Crippen LogP contribution in [0.2, 0.25) is 0 Å². The molecule has 0 aromatic carbocycles. The molecule has 0 spiro atoms. The maximum Gasteiger partial charge on any atom is 0.154 e. The molecule has 2 rings (SSSR count). The van der Waals surface area contributed by atoms with Crippen LogP contribution in [-0.2, 0) is 6.54 Å². The molecule has 0 atom stereocenters. The van der Waals surface area contributed by atoms with Crippen molar-refractivity contribution in [2.75, 3.05) is 11.9 Å². The van der Waals surface area contributed by atoms with Gasteiger partial charge in [0.25, 0.3) is 0 Å². The summed E-state index contributed by atoms with van der Waals surface area (Å²) >= 11 is 0. The van der Waals surface area contributed by atoms with Crippen LogP contribution in [0.3, 0.4) is 0 Å². The Kier molecular flexibility index (Phi) is 4.28. The SMILES string of the molecule is CCCNc1nccnc1-c1cncn1CCC. The third-order valence-corrected chi connectivity index (χ3v) is 2.66. The molecule has 0 radical (unpaired) electrons. The Morgan fingerprint density at radius 3 is 2.78 bits per heavy atom. The molecule has 0 unspecified atom stereocenters. The molecule has 1 N–H and O–H groups in total. The van der Waals surface area contributed by atoms with Gasteiger partial charge in [-0.1, -0.05) is 13.8 Å². The monoisotopic (exact) mass is 245 g/mol. The predicted octanol–water partition coefficient (Wildman–Crippen LogP) is 2.57. The Balaban J connectivity index is 2.33. The molecule has 0 aliphatic carbocycles. The Hall–Kier alpha value is -1.91. The third kappa shape index (κ3) is 2.67. The molecule has 2 heterocycles. The lowest BCUT2D eigenvalue weighted by molar-refractivity contribution is 0.682. The van der Waals surface area contributed by atoms with E-state index >= 15 is 0 Å². The molecule has 0 aliphatic rings. The van der Waals surface area contributed by atoms with E-state index in [9.17, 15) is 0 Å². The molecule has 5 heteroatoms. The molecular formula is C13H19N5. The van der Waals surface area contributed by atoms with E-state index in [4.69, 9.17) is 0 Å². The summed E-state index contributed by atoms with van der Waals surface area (Å²) in [5.74, 6) is 0.831. The number of hydrogen-bond donors (Lipinski definition) is 1. The fourth-order valence-corrected chi connectivity index (χ4v) is 1.84. The quantitative estimate of drug-likeness (QED) is 0.849. The van der Waals surface area contributed by atoms with Crippen molar-refractivity contribution in [2.24, 2.45) is 0 Å². The molecule has 0 saturated carbocycles. The summed E-state index contributed by atoms with van der Waals surface area (Å²) in [7, 11) is 0. The summed E-state index contributed by atoms with van der Waals surface area (Å²) in [6.07, 6.45) is 9.25. The smallest absolute Gasteiger partial charge is 0.154 e. The Morgan fingerprint density at radius 1 is 1.17 bits per heavy atom. The van der Waals surface area contributed by atoms with Gasteiger partial charge in [0.1, 0.15) is 5.69 Å². The molecule has 0 amide bonds. The number of aromatic nitrogens is 4. The van der Waals surface area contributed by atoms with E-state index in [0.29, 0.717) is 0 Å². The average molecular weight is 245 g/mol. The van der Waals surface area contributed by atoms with Crippen molar-refractivity contribution in [1.29, 1.82) is 0 Å². The van der Waals surface area contributed by atoms with Gasteiger partial charge >= 0.3 is 0 Å². The molecular weight excluding hydrogens is 226 g/mol. The lowest BCUT2D eigenvalue weighted by atomic mass is 10.3. The summed E-state index contributed by atoms with van der Waals surface area (Å²) in [5.41, 5.74) is 1.89. The van der Waals surface area contributed by atoms with Crippen molar-refractivity contribution in [1.82, 2.24) is 19.5 Å². The highest BCUT2D eigenvalue weighted by molar-refractivity contribution is 5.67. The molecule has 2 aromatic rings. The van der Waals surface area contributed by atoms with Gasteiger partial charge in [-0.05, 0) is 12.8 Å². The standard InChI is InChI=1S/C13H19N5/c1-3-5-16-13-12(15-6-7-17-13)11-9-14-10-18(11)8-4-2/h6-7,9-10H,3-5,8H2,1-2H3,(H,16,17). The summed E-state index contributed by atoms with van der Waals surface area (Å²) in [4.78, 5) is 13.0. The van der Waals surface area contributed by atoms with Gasteiger partial charge in [0.2, 0.25) is 0 Å². The van der Waals surface area contributed by atoms with Crippen LogP contribution in [0.4, 0.5) is 5.82 Å². The predicted molar refractivity (Wildman–Crippen MR) is 72.3 cm³/mol. The van der Waals surface area contributed by atoms with Crippen LogP contribution in [0, 0.1) is 0 Å². The van der Waals surface area contributed by atoms with Crippen molar-refractivity contribution >= 4 is 5.82 Å². The molecule has 96 valence electrons. The van der Waals surface area contributed by atoms with E-state index in [-0.39, 0.29) is 0 Å². The fourth-order valence-electron chi connectivity index (χ4n) is 1.84. The topological polar surface area (TPSA) is 55.6 Å². The van der Waals surface area contributed by atoms with Crippen LogP contribution in [0.5, 0.6) is 0 Å². The van der Waals surface area contributed by atoms with Crippen LogP contribution in [0.25, 0.3) is 11.4 Å². The van der Waals surface area contributed by atoms with Gasteiger partial charge in [-0.15, -0.1) is 0 Å². The minimum absolute atomic E-state index is 0.831. The zero-order valence-electron chi connectivity index (χ0n) is 10.9. The first-order valence-electron chi connectivity index (χ1n) is 6.42. The Labute approximate surface area is 107 Å². The van der Waals surface area contributed by atoms with Crippen molar-refractivity contribution in [3.63, 3.8) is 0 Å². The Morgan fingerprint density at radius 2 is 2.00 bits per heavy atom. The van der Waals surface area contributed by atoms with Crippen molar-refractivity contribution in [3.05, 3.63) is 24.9 Å². The highest BCUT2D eigenvalue weighted by Crippen LogP contribution is 2.23. The van der Waals surface area contributed by atoms with Crippen LogP contribution < -0.4 is 5.32 Å². The van der Waals surface area contributed by atoms with E-state index in [1.165, 1.54) is 0 Å². The largest absolute Gasteiger partial charge is 0.368 e. The van der Waals surface area contributed by atoms with Gasteiger partial charge in [0.15, 0.2) is 5.82 Å². The first-order chi connectivity index (χ1) is 8.86. The minimum atomic E-state index is 0.831. The number of hydrogen-bond acceptors (Lipinski definition) is 4. The van der Waals surface area contributed by atoms with Crippen molar-refractivity contribution in [3.8, 4) is 11.4 Å². The van der Waals surface area contributed by atoms with E-state index in [2.05, 4.69) is 38.7 Å². The minimum Gasteiger partial charge on any atom is -0.368 e. The van der Waals surface area contributed by atoms with Crippen LogP contribution >= 0.6 is 0 Å². The van der Waals surface area contributed by atoms with Gasteiger partial charge in [0.05, 0.1) is 18.2 Å². The molecule has 0 saturated heterocycles. The van der Waals surface area contributed by atoms with Gasteiger partial charge in [-0.3, -0.25) is 0 Å². The number of rotatable bonds is 6. The number of aryl methyl sites for hydroxylation is 1. The number of anilines is 1. The highest BCUT2D eigenvalue weighted by atomic mass is 15.1. The number of nitrogens with zero attached hydrogens (tertiary/aromatic N) is 4. The van der Waals surface area contributed by atoms with E-state index < -0.39 is 0 Å². The Bertz CT molecular complexity index is 492. The molecule has 0 fully saturated rings. The second-order valence-corrected chi connectivity index (χ2v) is 4.15. The molecule has 18 heavy (non-hydrogen) atoms. The first kappa shape index (κ1) is 12.5. The van der Waals surface area contributed by atoms with Crippen molar-refractivity contribution < 1.29 is 0 Å². The zero-order chi connectivity index (χ0) is 12.8. The van der Waals surface area contributed by atoms with Gasteiger partial charge in [-0.25, -0.2) is 15.0 Å². The van der Waals surface area contributed by atoms with Crippen LogP contribution in [-0.4, -0.2) is 26.1 Å². The van der Waals surface area contributed by atoms with E-state index in [0.717, 1.165) is 43.1 Å². The summed E-state index contributed by atoms with van der Waals surface area (Å²) in [6, 6.07) is 0. The van der Waals surface area contributed by atoms with Gasteiger partial charge < -0.3 is 9.88 Å². The maximum atomic E-state index is 4.43. The third-order valence-electron chi connectivity index (χ3n) is 2.66. The lowest BCUT2D eigenvalue weighted by Gasteiger charge is -2.10. The maximum absolute atomic E-state index is 4.43. The van der Waals surface area contributed by atoms with Crippen LogP contribution in [0.1, 0.15) is 26.7 Å². The second-order valence-electron chi connectivity index (χ2n) is 4.15. The summed E-state index contributed by atoms with van der Waals surface area (Å²) in [6.45, 7) is 6.12.